The van der Waals surface area contributed by atoms with Gasteiger partial charge in [-0.1, -0.05) is 12.1 Å². The van der Waals surface area contributed by atoms with Gasteiger partial charge in [-0.25, -0.2) is 4.79 Å². The average molecular weight is 213 g/mol. The van der Waals surface area contributed by atoms with Gasteiger partial charge in [0.25, 0.3) is 0 Å². The van der Waals surface area contributed by atoms with Gasteiger partial charge >= 0.3 is 5.97 Å². The number of hydrogen-bond acceptors (Lipinski definition) is 1. The molecule has 3 nitrogen and oxygen atoms in total. The third-order valence-electron chi connectivity index (χ3n) is 2.21. The van der Waals surface area contributed by atoms with Gasteiger partial charge in [0, 0.05) is 24.2 Å². The van der Waals surface area contributed by atoms with Crippen LogP contribution in [0.1, 0.15) is 5.56 Å². The Balaban J connectivity index is 2.20. The number of rotatable bonds is 3. The van der Waals surface area contributed by atoms with Crippen LogP contribution in [0.4, 0.5) is 0 Å². The predicted octanol–water partition coefficient (Wildman–Crippen LogP) is 2.58. The van der Waals surface area contributed by atoms with Crippen LogP contribution in [-0.4, -0.2) is 15.6 Å². The van der Waals surface area contributed by atoms with Crippen molar-refractivity contribution in [3.05, 3.63) is 60.4 Å². The molecule has 2 aromatic rings. The van der Waals surface area contributed by atoms with E-state index in [1.807, 2.05) is 53.4 Å². The van der Waals surface area contributed by atoms with Gasteiger partial charge in [-0.15, -0.1) is 0 Å². The molecule has 0 radical (unpaired) electrons. The zero-order valence-electron chi connectivity index (χ0n) is 8.58. The van der Waals surface area contributed by atoms with Crippen LogP contribution < -0.4 is 0 Å². The summed E-state index contributed by atoms with van der Waals surface area (Å²) >= 11 is 0. The maximum atomic E-state index is 10.3. The average Bonchev–Trinajstić information content (AvgIpc) is 2.80. The van der Waals surface area contributed by atoms with Gasteiger partial charge in [-0.3, -0.25) is 0 Å². The Morgan fingerprint density at radius 2 is 1.75 bits per heavy atom. The zero-order chi connectivity index (χ0) is 11.4. The van der Waals surface area contributed by atoms with Gasteiger partial charge in [-0.2, -0.15) is 0 Å². The summed E-state index contributed by atoms with van der Waals surface area (Å²) in [5, 5.41) is 8.49. The van der Waals surface area contributed by atoms with Gasteiger partial charge in [0.05, 0.1) is 0 Å². The molecule has 0 saturated carbocycles. The molecule has 2 rings (SSSR count). The van der Waals surface area contributed by atoms with Gasteiger partial charge in [0.15, 0.2) is 0 Å². The lowest BCUT2D eigenvalue weighted by Crippen LogP contribution is -1.89. The Bertz CT molecular complexity index is 495. The van der Waals surface area contributed by atoms with E-state index in [1.165, 1.54) is 0 Å². The first kappa shape index (κ1) is 10.2. The first-order chi connectivity index (χ1) is 7.75. The third kappa shape index (κ3) is 2.39. The molecule has 16 heavy (non-hydrogen) atoms. The molecule has 0 aliphatic carbocycles. The van der Waals surface area contributed by atoms with Crippen molar-refractivity contribution in [3.8, 4) is 5.69 Å². The van der Waals surface area contributed by atoms with E-state index in [2.05, 4.69) is 0 Å². The topological polar surface area (TPSA) is 42.2 Å². The van der Waals surface area contributed by atoms with E-state index >= 15 is 0 Å². The molecule has 0 aliphatic rings. The van der Waals surface area contributed by atoms with Crippen LogP contribution in [-0.2, 0) is 4.79 Å². The summed E-state index contributed by atoms with van der Waals surface area (Å²) in [5.74, 6) is -0.936. The highest BCUT2D eigenvalue weighted by atomic mass is 16.4. The van der Waals surface area contributed by atoms with E-state index in [1.54, 1.807) is 6.08 Å². The number of carbonyl (C=O) groups is 1. The van der Waals surface area contributed by atoms with Crippen LogP contribution in [0, 0.1) is 0 Å². The smallest absolute Gasteiger partial charge is 0.328 e. The van der Waals surface area contributed by atoms with E-state index in [-0.39, 0.29) is 0 Å². The summed E-state index contributed by atoms with van der Waals surface area (Å²) < 4.78 is 1.99. The highest BCUT2D eigenvalue weighted by molar-refractivity contribution is 5.85. The Morgan fingerprint density at radius 3 is 2.31 bits per heavy atom. The molecule has 0 bridgehead atoms. The molecule has 3 heteroatoms. The molecule has 0 unspecified atom stereocenters. The number of aromatic nitrogens is 1. The van der Waals surface area contributed by atoms with Gasteiger partial charge in [0.2, 0.25) is 0 Å². The van der Waals surface area contributed by atoms with Crippen LogP contribution in [0.3, 0.4) is 0 Å². The number of benzene rings is 1. The van der Waals surface area contributed by atoms with Crippen molar-refractivity contribution in [1.29, 1.82) is 0 Å². The normalized spacial score (nSPS) is 10.8. The number of nitrogens with zero attached hydrogens (tertiary/aromatic N) is 1. The van der Waals surface area contributed by atoms with Crippen LogP contribution in [0.5, 0.6) is 0 Å². The van der Waals surface area contributed by atoms with Crippen LogP contribution >= 0.6 is 0 Å². The minimum absolute atomic E-state index is 0.873. The second-order valence-corrected chi connectivity index (χ2v) is 3.35. The zero-order valence-corrected chi connectivity index (χ0v) is 8.58. The van der Waals surface area contributed by atoms with Crippen molar-refractivity contribution in [2.75, 3.05) is 0 Å². The quantitative estimate of drug-likeness (QED) is 0.796. The first-order valence-corrected chi connectivity index (χ1v) is 4.90. The number of carboxylic acid groups (broad SMARTS) is 1. The summed E-state index contributed by atoms with van der Waals surface area (Å²) in [6, 6.07) is 11.6. The maximum Gasteiger partial charge on any atom is 0.328 e. The molecule has 0 saturated heterocycles. The molecule has 80 valence electrons. The monoisotopic (exact) mass is 213 g/mol. The fourth-order valence-electron chi connectivity index (χ4n) is 1.43. The SMILES string of the molecule is O=C(O)C=Cc1ccc(-n2cccc2)cc1. The fourth-order valence-corrected chi connectivity index (χ4v) is 1.43. The molecular formula is C13H11NO2. The van der Waals surface area contributed by atoms with Crippen LogP contribution in [0.2, 0.25) is 0 Å². The molecule has 0 fully saturated rings. The van der Waals surface area contributed by atoms with Gasteiger partial charge < -0.3 is 9.67 Å². The Kier molecular flexibility index (Phi) is 2.87. The Hall–Kier alpha value is -2.29. The summed E-state index contributed by atoms with van der Waals surface area (Å²) in [6.07, 6.45) is 6.62. The summed E-state index contributed by atoms with van der Waals surface area (Å²) in [7, 11) is 0. The molecule has 0 atom stereocenters. The van der Waals surface area contributed by atoms with Crippen molar-refractivity contribution in [3.63, 3.8) is 0 Å². The lowest BCUT2D eigenvalue weighted by molar-refractivity contribution is -0.131. The predicted molar refractivity (Wildman–Crippen MR) is 62.4 cm³/mol. The largest absolute Gasteiger partial charge is 0.478 e. The molecule has 0 spiro atoms. The molecular weight excluding hydrogens is 202 g/mol. The van der Waals surface area contributed by atoms with E-state index in [0.29, 0.717) is 0 Å². The van der Waals surface area contributed by atoms with E-state index < -0.39 is 5.97 Å². The van der Waals surface area contributed by atoms with E-state index in [0.717, 1.165) is 17.3 Å². The van der Waals surface area contributed by atoms with Crippen molar-refractivity contribution in [1.82, 2.24) is 4.57 Å². The summed E-state index contributed by atoms with van der Waals surface area (Å²) in [5.41, 5.74) is 1.93. The molecule has 0 aliphatic heterocycles. The van der Waals surface area contributed by atoms with Crippen molar-refractivity contribution in [2.24, 2.45) is 0 Å². The molecule has 1 aromatic heterocycles. The van der Waals surface area contributed by atoms with Crippen molar-refractivity contribution >= 4 is 12.0 Å². The number of hydrogen-bond donors (Lipinski definition) is 1. The molecule has 1 aromatic carbocycles. The van der Waals surface area contributed by atoms with Gasteiger partial charge in [-0.05, 0) is 35.9 Å². The number of aliphatic carboxylic acids is 1. The summed E-state index contributed by atoms with van der Waals surface area (Å²) in [4.78, 5) is 10.3. The Morgan fingerprint density at radius 1 is 1.12 bits per heavy atom. The maximum absolute atomic E-state index is 10.3. The molecule has 0 amide bonds. The van der Waals surface area contributed by atoms with Crippen molar-refractivity contribution in [2.45, 2.75) is 0 Å². The lowest BCUT2D eigenvalue weighted by atomic mass is 10.2. The van der Waals surface area contributed by atoms with Crippen molar-refractivity contribution < 1.29 is 9.90 Å². The molecule has 1 N–H and O–H groups in total. The second kappa shape index (κ2) is 4.49. The van der Waals surface area contributed by atoms with Gasteiger partial charge in [0.1, 0.15) is 0 Å². The molecule has 1 heterocycles. The van der Waals surface area contributed by atoms with E-state index in [4.69, 9.17) is 5.11 Å². The fraction of sp³-hybridized carbons (Fsp3) is 0. The minimum atomic E-state index is -0.936. The highest BCUT2D eigenvalue weighted by Gasteiger charge is 1.94. The summed E-state index contributed by atoms with van der Waals surface area (Å²) in [6.45, 7) is 0. The van der Waals surface area contributed by atoms with Crippen LogP contribution in [0.25, 0.3) is 11.8 Å². The lowest BCUT2D eigenvalue weighted by Gasteiger charge is -2.02. The number of carboxylic acids is 1. The van der Waals surface area contributed by atoms with E-state index in [9.17, 15) is 4.79 Å². The third-order valence-corrected chi connectivity index (χ3v) is 2.21. The first-order valence-electron chi connectivity index (χ1n) is 4.90. The Labute approximate surface area is 93.3 Å². The van der Waals surface area contributed by atoms with Crippen LogP contribution in [0.15, 0.2) is 54.9 Å². The minimum Gasteiger partial charge on any atom is -0.478 e. The highest BCUT2D eigenvalue weighted by Crippen LogP contribution is 2.10. The standard InChI is InChI=1S/C13H11NO2/c15-13(16)8-5-11-3-6-12(7-4-11)14-9-1-2-10-14/h1-10H,(H,15,16). The second-order valence-electron chi connectivity index (χ2n) is 3.35.